The zero-order chi connectivity index (χ0) is 19.4. The molecule has 0 spiro atoms. The number of benzene rings is 4. The van der Waals surface area contributed by atoms with Gasteiger partial charge in [0.1, 0.15) is 11.2 Å². The highest BCUT2D eigenvalue weighted by Crippen LogP contribution is 2.50. The molecule has 0 amide bonds. The molecule has 4 nitrogen and oxygen atoms in total. The van der Waals surface area contributed by atoms with Crippen molar-refractivity contribution < 1.29 is 9.15 Å². The lowest BCUT2D eigenvalue weighted by molar-refractivity contribution is 0.477. The first-order chi connectivity index (χ1) is 14.3. The van der Waals surface area contributed by atoms with E-state index in [0.717, 1.165) is 28.6 Å². The number of rotatable bonds is 1. The number of para-hydroxylation sites is 5. The minimum Gasteiger partial charge on any atom is -0.456 e. The fraction of sp³-hybridized carbons (Fsp3) is 0. The summed E-state index contributed by atoms with van der Waals surface area (Å²) in [4.78, 5) is 15.0. The molecule has 4 aromatic carbocycles. The monoisotopic (exact) mass is 377 g/mol. The van der Waals surface area contributed by atoms with Gasteiger partial charge in [-0.2, -0.15) is 0 Å². The van der Waals surface area contributed by atoms with E-state index < -0.39 is 0 Å². The quantitative estimate of drug-likeness (QED) is 0.306. The molecule has 4 heteroatoms. The van der Waals surface area contributed by atoms with E-state index in [1.54, 1.807) is 6.07 Å². The fourth-order valence-corrected chi connectivity index (χ4v) is 3.91. The molecule has 5 aromatic rings. The summed E-state index contributed by atoms with van der Waals surface area (Å²) in [5, 5.41) is 1.16. The Morgan fingerprint density at radius 2 is 1.24 bits per heavy atom. The van der Waals surface area contributed by atoms with Gasteiger partial charge >= 0.3 is 0 Å². The number of ether oxygens (including phenoxy) is 1. The molecule has 0 radical (unpaired) electrons. The third kappa shape index (κ3) is 2.36. The molecule has 0 unspecified atom stereocenters. The van der Waals surface area contributed by atoms with Crippen molar-refractivity contribution in [2.45, 2.75) is 0 Å². The van der Waals surface area contributed by atoms with Crippen LogP contribution >= 0.6 is 0 Å². The highest BCUT2D eigenvalue weighted by atomic mass is 16.5. The van der Waals surface area contributed by atoms with Crippen molar-refractivity contribution in [3.8, 4) is 11.5 Å². The molecule has 1 aliphatic rings. The Labute approximate surface area is 166 Å². The van der Waals surface area contributed by atoms with Crippen molar-refractivity contribution in [3.63, 3.8) is 0 Å². The predicted octanol–water partition coefficient (Wildman–Crippen LogP) is 6.52. The summed E-state index contributed by atoms with van der Waals surface area (Å²) in [6, 6.07) is 28.9. The molecule has 6 rings (SSSR count). The van der Waals surface area contributed by atoms with Crippen LogP contribution in [0.1, 0.15) is 0 Å². The van der Waals surface area contributed by atoms with Crippen LogP contribution in [0, 0.1) is 0 Å². The van der Waals surface area contributed by atoms with E-state index in [1.165, 1.54) is 0 Å². The van der Waals surface area contributed by atoms with E-state index in [-0.39, 0.29) is 5.43 Å². The van der Waals surface area contributed by atoms with Crippen LogP contribution in [0.25, 0.3) is 21.9 Å². The van der Waals surface area contributed by atoms with E-state index in [1.807, 2.05) is 84.9 Å². The molecule has 0 saturated heterocycles. The van der Waals surface area contributed by atoms with Crippen LogP contribution in [0.3, 0.4) is 0 Å². The first-order valence-corrected chi connectivity index (χ1v) is 9.41. The number of fused-ring (bicyclic) bond motifs is 4. The molecule has 0 aliphatic carbocycles. The molecule has 0 fully saturated rings. The zero-order valence-corrected chi connectivity index (χ0v) is 15.3. The molecule has 138 valence electrons. The van der Waals surface area contributed by atoms with Gasteiger partial charge in [-0.15, -0.1) is 0 Å². The smallest absolute Gasteiger partial charge is 0.200 e. The Balaban J connectivity index is 1.63. The van der Waals surface area contributed by atoms with Crippen LogP contribution in [0.15, 0.2) is 100 Å². The van der Waals surface area contributed by atoms with Gasteiger partial charge in [-0.1, -0.05) is 36.4 Å². The van der Waals surface area contributed by atoms with Crippen molar-refractivity contribution in [2.75, 3.05) is 4.90 Å². The molecule has 1 aromatic heterocycles. The number of nitrogens with zero attached hydrogens (tertiary/aromatic N) is 1. The van der Waals surface area contributed by atoms with Crippen LogP contribution in [-0.2, 0) is 0 Å². The molecule has 0 N–H and O–H groups in total. The van der Waals surface area contributed by atoms with Crippen LogP contribution in [0.2, 0.25) is 0 Å². The van der Waals surface area contributed by atoms with Crippen LogP contribution in [0.4, 0.5) is 17.1 Å². The fourth-order valence-electron chi connectivity index (χ4n) is 3.91. The second kappa shape index (κ2) is 5.97. The molecule has 2 heterocycles. The zero-order valence-electron chi connectivity index (χ0n) is 15.3. The molecule has 29 heavy (non-hydrogen) atoms. The summed E-state index contributed by atoms with van der Waals surface area (Å²) in [6.07, 6.45) is 0. The largest absolute Gasteiger partial charge is 0.456 e. The van der Waals surface area contributed by atoms with E-state index >= 15 is 0 Å². The molecule has 1 aliphatic heterocycles. The maximum absolute atomic E-state index is 12.9. The first kappa shape index (κ1) is 16.0. The highest BCUT2D eigenvalue weighted by molar-refractivity contribution is 5.94. The van der Waals surface area contributed by atoms with Crippen molar-refractivity contribution >= 4 is 39.0 Å². The molecule has 0 atom stereocenters. The Morgan fingerprint density at radius 3 is 2.00 bits per heavy atom. The third-order valence-corrected chi connectivity index (χ3v) is 5.25. The Bertz CT molecular complexity index is 1420. The summed E-state index contributed by atoms with van der Waals surface area (Å²) < 4.78 is 12.2. The van der Waals surface area contributed by atoms with Crippen LogP contribution in [0.5, 0.6) is 11.5 Å². The highest BCUT2D eigenvalue weighted by Gasteiger charge is 2.25. The second-order valence-electron chi connectivity index (χ2n) is 6.98. The van der Waals surface area contributed by atoms with E-state index in [2.05, 4.69) is 4.90 Å². The second-order valence-corrected chi connectivity index (χ2v) is 6.98. The maximum Gasteiger partial charge on any atom is 0.200 e. The lowest BCUT2D eigenvalue weighted by atomic mass is 10.1. The van der Waals surface area contributed by atoms with Crippen molar-refractivity contribution in [3.05, 3.63) is 101 Å². The number of hydrogen-bond donors (Lipinski definition) is 0. The lowest BCUT2D eigenvalue weighted by Crippen LogP contribution is -2.15. The van der Waals surface area contributed by atoms with E-state index in [9.17, 15) is 4.79 Å². The van der Waals surface area contributed by atoms with Gasteiger partial charge in [-0.05, 0) is 48.5 Å². The van der Waals surface area contributed by atoms with Crippen molar-refractivity contribution in [1.82, 2.24) is 0 Å². The SMILES string of the molecule is O=c1c2ccccc2oc2cc(N3c4ccccc4Oc4ccccc43)ccc12. The Kier molecular flexibility index (Phi) is 3.29. The topological polar surface area (TPSA) is 42.7 Å². The van der Waals surface area contributed by atoms with Gasteiger partial charge in [0.2, 0.25) is 5.43 Å². The van der Waals surface area contributed by atoms with E-state index in [0.29, 0.717) is 21.9 Å². The molecule has 0 saturated carbocycles. The Morgan fingerprint density at radius 1 is 0.621 bits per heavy atom. The van der Waals surface area contributed by atoms with Gasteiger partial charge < -0.3 is 14.1 Å². The number of anilines is 3. The van der Waals surface area contributed by atoms with Gasteiger partial charge in [-0.25, -0.2) is 0 Å². The van der Waals surface area contributed by atoms with E-state index in [4.69, 9.17) is 9.15 Å². The normalized spacial score (nSPS) is 12.5. The average Bonchev–Trinajstić information content (AvgIpc) is 2.77. The molecular weight excluding hydrogens is 362 g/mol. The van der Waals surface area contributed by atoms with Gasteiger partial charge in [0.15, 0.2) is 11.5 Å². The minimum absolute atomic E-state index is 0.0174. The van der Waals surface area contributed by atoms with Gasteiger partial charge in [0.25, 0.3) is 0 Å². The maximum atomic E-state index is 12.9. The molecule has 0 bridgehead atoms. The van der Waals surface area contributed by atoms with Crippen molar-refractivity contribution in [1.29, 1.82) is 0 Å². The first-order valence-electron chi connectivity index (χ1n) is 9.41. The van der Waals surface area contributed by atoms with Gasteiger partial charge in [0, 0.05) is 6.07 Å². The summed E-state index contributed by atoms with van der Waals surface area (Å²) >= 11 is 0. The summed E-state index contributed by atoms with van der Waals surface area (Å²) in [5.41, 5.74) is 3.91. The third-order valence-electron chi connectivity index (χ3n) is 5.25. The molecular formula is C25H15NO3. The van der Waals surface area contributed by atoms with Gasteiger partial charge in [-0.3, -0.25) is 4.79 Å². The predicted molar refractivity (Wildman–Crippen MR) is 115 cm³/mol. The van der Waals surface area contributed by atoms with Crippen molar-refractivity contribution in [2.24, 2.45) is 0 Å². The van der Waals surface area contributed by atoms with Gasteiger partial charge in [0.05, 0.1) is 27.8 Å². The van der Waals surface area contributed by atoms with Crippen LogP contribution in [-0.4, -0.2) is 0 Å². The summed E-state index contributed by atoms with van der Waals surface area (Å²) in [6.45, 7) is 0. The Hall–Kier alpha value is -4.05. The summed E-state index contributed by atoms with van der Waals surface area (Å²) in [5.74, 6) is 1.57. The number of hydrogen-bond acceptors (Lipinski definition) is 4. The summed E-state index contributed by atoms with van der Waals surface area (Å²) in [7, 11) is 0. The lowest BCUT2D eigenvalue weighted by Gasteiger charge is -2.32. The minimum atomic E-state index is -0.0174. The van der Waals surface area contributed by atoms with Crippen LogP contribution < -0.4 is 15.1 Å². The standard InChI is InChI=1S/C25H15NO3/c27-25-17-7-1-4-10-21(17)28-24-15-16(13-14-18(24)25)26-19-8-2-5-11-22(19)29-23-12-6-3-9-20(23)26/h1-15H. The average molecular weight is 377 g/mol.